The first-order valence-corrected chi connectivity index (χ1v) is 12.6. The predicted octanol–water partition coefficient (Wildman–Crippen LogP) is 3.89. The van der Waals surface area contributed by atoms with Gasteiger partial charge in [-0.1, -0.05) is 6.07 Å². The van der Waals surface area contributed by atoms with E-state index in [-0.39, 0.29) is 24.5 Å². The van der Waals surface area contributed by atoms with Crippen molar-refractivity contribution in [2.45, 2.75) is 38.0 Å². The molecule has 39 heavy (non-hydrogen) atoms. The number of halogens is 1. The van der Waals surface area contributed by atoms with E-state index in [1.165, 1.54) is 23.6 Å². The number of aromatic nitrogens is 4. The molecule has 3 fully saturated rings. The SMILES string of the molecule is CC(C)(C)OC(=O)N1C[C@@H]2[C@H](C1)C2(C#N)c1ccc(-c2ccc(N3CC(n4cnnc4)OC3=O)cc2F)cn1. The average Bonchev–Trinajstić information content (AvgIpc) is 3.42. The van der Waals surface area contributed by atoms with E-state index in [1.807, 2.05) is 20.8 Å². The number of benzene rings is 1. The van der Waals surface area contributed by atoms with Crippen LogP contribution in [0.15, 0.2) is 49.2 Å². The van der Waals surface area contributed by atoms with Crippen LogP contribution in [0.25, 0.3) is 11.1 Å². The van der Waals surface area contributed by atoms with Crippen molar-refractivity contribution in [3.63, 3.8) is 0 Å². The average molecular weight is 532 g/mol. The monoisotopic (exact) mass is 531 g/mol. The second kappa shape index (κ2) is 8.76. The Morgan fingerprint density at radius 3 is 2.46 bits per heavy atom. The van der Waals surface area contributed by atoms with Crippen molar-refractivity contribution in [3.8, 4) is 17.2 Å². The molecule has 4 heterocycles. The molecule has 200 valence electrons. The first-order chi connectivity index (χ1) is 18.6. The molecule has 6 rings (SSSR count). The Kier molecular flexibility index (Phi) is 5.57. The minimum atomic E-state index is -0.767. The lowest BCUT2D eigenvalue weighted by Gasteiger charge is -2.27. The summed E-state index contributed by atoms with van der Waals surface area (Å²) in [6.45, 7) is 6.52. The van der Waals surface area contributed by atoms with E-state index >= 15 is 4.39 Å². The molecule has 1 saturated carbocycles. The second-order valence-electron chi connectivity index (χ2n) is 11.0. The van der Waals surface area contributed by atoms with Gasteiger partial charge in [0.1, 0.15) is 29.5 Å². The lowest BCUT2D eigenvalue weighted by molar-refractivity contribution is 0.0265. The second-order valence-corrected chi connectivity index (χ2v) is 11.0. The van der Waals surface area contributed by atoms with E-state index in [2.05, 4.69) is 21.3 Å². The Labute approximate surface area is 223 Å². The number of cyclic esters (lactones) is 1. The Morgan fingerprint density at radius 2 is 1.87 bits per heavy atom. The number of rotatable bonds is 4. The van der Waals surface area contributed by atoms with Crippen molar-refractivity contribution in [2.75, 3.05) is 24.5 Å². The summed E-state index contributed by atoms with van der Waals surface area (Å²) in [5, 5.41) is 17.5. The highest BCUT2D eigenvalue weighted by molar-refractivity contribution is 5.90. The fraction of sp³-hybridized carbons (Fsp3) is 0.407. The minimum absolute atomic E-state index is 0.0217. The molecule has 2 saturated heterocycles. The van der Waals surface area contributed by atoms with Crippen molar-refractivity contribution in [3.05, 3.63) is 60.7 Å². The minimum Gasteiger partial charge on any atom is -0.444 e. The van der Waals surface area contributed by atoms with Gasteiger partial charge >= 0.3 is 12.2 Å². The maximum Gasteiger partial charge on any atom is 0.416 e. The maximum absolute atomic E-state index is 15.2. The number of fused-ring (bicyclic) bond motifs is 1. The summed E-state index contributed by atoms with van der Waals surface area (Å²) >= 11 is 0. The van der Waals surface area contributed by atoms with Crippen LogP contribution in [0, 0.1) is 29.0 Å². The van der Waals surface area contributed by atoms with Crippen LogP contribution in [0.4, 0.5) is 19.7 Å². The Balaban J connectivity index is 1.15. The molecule has 2 aliphatic heterocycles. The van der Waals surface area contributed by atoms with E-state index < -0.39 is 29.2 Å². The van der Waals surface area contributed by atoms with Gasteiger partial charge in [0.15, 0.2) is 0 Å². The van der Waals surface area contributed by atoms with Crippen molar-refractivity contribution >= 4 is 17.9 Å². The first-order valence-electron chi connectivity index (χ1n) is 12.6. The van der Waals surface area contributed by atoms with Crippen LogP contribution in [0.1, 0.15) is 32.7 Å². The van der Waals surface area contributed by atoms with Gasteiger partial charge < -0.3 is 14.4 Å². The van der Waals surface area contributed by atoms with Gasteiger partial charge in [0.2, 0.25) is 6.23 Å². The van der Waals surface area contributed by atoms with Crippen LogP contribution in [0.5, 0.6) is 0 Å². The van der Waals surface area contributed by atoms with E-state index in [0.29, 0.717) is 35.6 Å². The molecular formula is C27H26FN7O4. The highest BCUT2D eigenvalue weighted by Crippen LogP contribution is 2.62. The molecule has 0 N–H and O–H groups in total. The maximum atomic E-state index is 15.2. The number of nitrogens with zero attached hydrogens (tertiary/aromatic N) is 7. The molecule has 2 aromatic heterocycles. The molecule has 12 heteroatoms. The number of likely N-dealkylation sites (tertiary alicyclic amines) is 1. The van der Waals surface area contributed by atoms with E-state index in [9.17, 15) is 14.9 Å². The van der Waals surface area contributed by atoms with Crippen LogP contribution in [-0.2, 0) is 14.9 Å². The number of amides is 2. The van der Waals surface area contributed by atoms with E-state index in [1.54, 1.807) is 39.9 Å². The molecule has 2 amide bonds. The predicted molar refractivity (Wildman–Crippen MR) is 135 cm³/mol. The number of anilines is 1. The van der Waals surface area contributed by atoms with Gasteiger partial charge in [0.25, 0.3) is 0 Å². The fourth-order valence-corrected chi connectivity index (χ4v) is 5.58. The number of hydrogen-bond acceptors (Lipinski definition) is 8. The molecule has 0 spiro atoms. The van der Waals surface area contributed by atoms with Crippen molar-refractivity contribution < 1.29 is 23.5 Å². The lowest BCUT2D eigenvalue weighted by Crippen LogP contribution is -2.39. The van der Waals surface area contributed by atoms with Gasteiger partial charge in [-0.25, -0.2) is 14.0 Å². The molecule has 0 bridgehead atoms. The van der Waals surface area contributed by atoms with Gasteiger partial charge in [0, 0.05) is 42.2 Å². The van der Waals surface area contributed by atoms with Gasteiger partial charge in [-0.05, 0) is 45.0 Å². The first kappa shape index (κ1) is 24.8. The van der Waals surface area contributed by atoms with Crippen LogP contribution in [-0.4, -0.2) is 62.1 Å². The molecule has 0 radical (unpaired) electrons. The molecule has 1 aromatic carbocycles. The summed E-state index contributed by atoms with van der Waals surface area (Å²) in [6.07, 6.45) is 2.89. The Bertz CT molecular complexity index is 1470. The third-order valence-corrected chi connectivity index (χ3v) is 7.54. The van der Waals surface area contributed by atoms with Crippen molar-refractivity contribution in [2.24, 2.45) is 11.8 Å². The molecule has 11 nitrogen and oxygen atoms in total. The summed E-state index contributed by atoms with van der Waals surface area (Å²) in [5.74, 6) is -0.563. The van der Waals surface area contributed by atoms with Gasteiger partial charge in [-0.2, -0.15) is 5.26 Å². The Hall–Kier alpha value is -4.53. The molecular weight excluding hydrogens is 505 g/mol. The summed E-state index contributed by atoms with van der Waals surface area (Å²) in [5.41, 5.74) is 0.494. The molecule has 4 atom stereocenters. The lowest BCUT2D eigenvalue weighted by atomic mass is 9.95. The fourth-order valence-electron chi connectivity index (χ4n) is 5.58. The number of carbonyl (C=O) groups is 2. The number of nitriles is 1. The highest BCUT2D eigenvalue weighted by Gasteiger charge is 2.71. The smallest absolute Gasteiger partial charge is 0.416 e. The van der Waals surface area contributed by atoms with Crippen molar-refractivity contribution in [1.29, 1.82) is 5.26 Å². The summed E-state index contributed by atoms with van der Waals surface area (Å²) in [7, 11) is 0. The zero-order chi connectivity index (χ0) is 27.5. The Morgan fingerprint density at radius 1 is 1.15 bits per heavy atom. The van der Waals surface area contributed by atoms with Gasteiger partial charge in [0.05, 0.1) is 24.0 Å². The number of carbonyl (C=O) groups excluding carboxylic acids is 2. The van der Waals surface area contributed by atoms with Crippen molar-refractivity contribution in [1.82, 2.24) is 24.6 Å². The quantitative estimate of drug-likeness (QED) is 0.496. The summed E-state index contributed by atoms with van der Waals surface area (Å²) in [4.78, 5) is 32.3. The third-order valence-electron chi connectivity index (χ3n) is 7.54. The summed E-state index contributed by atoms with van der Waals surface area (Å²) < 4.78 is 27.6. The zero-order valence-electron chi connectivity index (χ0n) is 21.6. The largest absolute Gasteiger partial charge is 0.444 e. The normalized spacial score (nSPS) is 25.7. The number of ether oxygens (including phenoxy) is 2. The van der Waals surface area contributed by atoms with E-state index in [4.69, 9.17) is 9.47 Å². The van der Waals surface area contributed by atoms with Gasteiger partial charge in [-0.15, -0.1) is 10.2 Å². The summed E-state index contributed by atoms with van der Waals surface area (Å²) in [6, 6.07) is 10.4. The number of hydrogen-bond donors (Lipinski definition) is 0. The standard InChI is InChI=1S/C27H26FN7O4/c1-26(2,3)39-24(36)33-10-19-20(11-33)27(19,13-29)22-7-4-16(9-30-22)18-6-5-17(8-21(18)28)35-12-23(38-25(35)37)34-14-31-32-15-34/h4-9,14-15,19-20,23H,10-12H2,1-3H3/t19-,20+,23?,27?. The van der Waals surface area contributed by atoms with Crippen LogP contribution in [0.3, 0.4) is 0 Å². The molecule has 3 aliphatic rings. The van der Waals surface area contributed by atoms with Gasteiger partial charge in [-0.3, -0.25) is 14.5 Å². The molecule has 2 unspecified atom stereocenters. The van der Waals surface area contributed by atoms with Crippen LogP contribution >= 0.6 is 0 Å². The van der Waals surface area contributed by atoms with Crippen LogP contribution in [0.2, 0.25) is 0 Å². The number of piperidine rings is 1. The molecule has 3 aromatic rings. The topological polar surface area (TPSA) is 126 Å². The third kappa shape index (κ3) is 4.14. The zero-order valence-corrected chi connectivity index (χ0v) is 21.6. The van der Waals surface area contributed by atoms with E-state index in [0.717, 1.165) is 0 Å². The molecule has 1 aliphatic carbocycles. The van der Waals surface area contributed by atoms with Crippen LogP contribution < -0.4 is 4.90 Å². The highest BCUT2D eigenvalue weighted by atomic mass is 19.1. The number of pyridine rings is 1.